The number of rotatable bonds is 9. The van der Waals surface area contributed by atoms with Gasteiger partial charge in [0.05, 0.1) is 11.8 Å². The second-order valence-corrected chi connectivity index (χ2v) is 9.68. The van der Waals surface area contributed by atoms with Gasteiger partial charge in [-0.2, -0.15) is 0 Å². The van der Waals surface area contributed by atoms with Crippen molar-refractivity contribution in [3.8, 4) is 0 Å². The predicted molar refractivity (Wildman–Crippen MR) is 126 cm³/mol. The van der Waals surface area contributed by atoms with Gasteiger partial charge in [0.2, 0.25) is 10.0 Å². The van der Waals surface area contributed by atoms with Crippen molar-refractivity contribution in [1.82, 2.24) is 20.3 Å². The third-order valence-corrected chi connectivity index (χ3v) is 6.94. The van der Waals surface area contributed by atoms with E-state index in [1.54, 1.807) is 7.05 Å². The van der Waals surface area contributed by atoms with Crippen molar-refractivity contribution < 1.29 is 8.42 Å². The molecule has 1 fully saturated rings. The molecule has 3 rings (SSSR count). The lowest BCUT2D eigenvalue weighted by Crippen LogP contribution is -2.42. The van der Waals surface area contributed by atoms with Gasteiger partial charge in [-0.15, -0.1) is 0 Å². The van der Waals surface area contributed by atoms with Crippen LogP contribution in [0.3, 0.4) is 0 Å². The zero-order chi connectivity index (χ0) is 22.1. The number of hydrogen-bond acceptors (Lipinski definition) is 4. The van der Waals surface area contributed by atoms with Gasteiger partial charge >= 0.3 is 0 Å². The molecule has 1 unspecified atom stereocenters. The summed E-state index contributed by atoms with van der Waals surface area (Å²) in [4.78, 5) is 6.90. The zero-order valence-corrected chi connectivity index (χ0v) is 19.2. The molecular formula is C23H33N5O2S. The van der Waals surface area contributed by atoms with Crippen LogP contribution in [0.2, 0.25) is 0 Å². The first-order valence-corrected chi connectivity index (χ1v) is 12.4. The van der Waals surface area contributed by atoms with E-state index in [4.69, 9.17) is 0 Å². The summed E-state index contributed by atoms with van der Waals surface area (Å²) in [6.07, 6.45) is 2.50. The average molecular weight is 444 g/mol. The molecule has 3 N–H and O–H groups in total. The summed E-state index contributed by atoms with van der Waals surface area (Å²) in [6.45, 7) is 3.65. The molecule has 0 radical (unpaired) electrons. The second-order valence-electron chi connectivity index (χ2n) is 7.76. The van der Waals surface area contributed by atoms with Crippen molar-refractivity contribution in [3.05, 3.63) is 71.3 Å². The molecule has 8 heteroatoms. The van der Waals surface area contributed by atoms with Crippen LogP contribution in [-0.4, -0.2) is 53.0 Å². The fraction of sp³-hybridized carbons (Fsp3) is 0.435. The van der Waals surface area contributed by atoms with Crippen LogP contribution in [0.15, 0.2) is 59.6 Å². The number of sulfonamides is 1. The summed E-state index contributed by atoms with van der Waals surface area (Å²) in [5, 5.41) is 6.83. The van der Waals surface area contributed by atoms with Crippen LogP contribution in [0, 0.1) is 0 Å². The summed E-state index contributed by atoms with van der Waals surface area (Å²) in [5.41, 5.74) is 3.14. The van der Waals surface area contributed by atoms with Gasteiger partial charge in [-0.1, -0.05) is 54.6 Å². The van der Waals surface area contributed by atoms with Crippen molar-refractivity contribution >= 4 is 16.0 Å². The number of benzene rings is 2. The molecule has 0 aliphatic carbocycles. The van der Waals surface area contributed by atoms with Crippen LogP contribution in [0.1, 0.15) is 35.6 Å². The van der Waals surface area contributed by atoms with E-state index in [-0.39, 0.29) is 5.75 Å². The Kier molecular flexibility index (Phi) is 8.45. The number of nitrogens with one attached hydrogen (secondary N) is 3. The number of likely N-dealkylation sites (tertiary alicyclic amines) is 1. The van der Waals surface area contributed by atoms with Gasteiger partial charge in [-0.25, -0.2) is 13.1 Å². The minimum Gasteiger partial charge on any atom is -0.354 e. The van der Waals surface area contributed by atoms with Crippen molar-refractivity contribution in [1.29, 1.82) is 0 Å². The maximum atomic E-state index is 11.7. The van der Waals surface area contributed by atoms with Gasteiger partial charge in [-0.05, 0) is 49.7 Å². The van der Waals surface area contributed by atoms with Gasteiger partial charge in [-0.3, -0.25) is 9.89 Å². The Balaban J connectivity index is 1.55. The van der Waals surface area contributed by atoms with Gasteiger partial charge in [0.1, 0.15) is 0 Å². The number of guanidine groups is 1. The Morgan fingerprint density at radius 1 is 1.00 bits per heavy atom. The minimum atomic E-state index is -3.26. The van der Waals surface area contributed by atoms with E-state index >= 15 is 0 Å². The van der Waals surface area contributed by atoms with Crippen LogP contribution < -0.4 is 15.4 Å². The lowest BCUT2D eigenvalue weighted by molar-refractivity contribution is 0.245. The fourth-order valence-electron chi connectivity index (χ4n) is 3.83. The molecular weight excluding hydrogens is 410 g/mol. The van der Waals surface area contributed by atoms with E-state index in [2.05, 4.69) is 55.6 Å². The number of nitrogens with zero attached hydrogens (tertiary/aromatic N) is 2. The van der Waals surface area contributed by atoms with Crippen molar-refractivity contribution in [3.63, 3.8) is 0 Å². The molecule has 0 aromatic heterocycles. The van der Waals surface area contributed by atoms with Crippen LogP contribution >= 0.6 is 0 Å². The molecule has 2 aromatic rings. The van der Waals surface area contributed by atoms with E-state index in [1.807, 2.05) is 24.3 Å². The smallest absolute Gasteiger partial charge is 0.215 e. The van der Waals surface area contributed by atoms with E-state index in [9.17, 15) is 8.42 Å². The summed E-state index contributed by atoms with van der Waals surface area (Å²) >= 11 is 0. The Labute approximate surface area is 186 Å². The largest absolute Gasteiger partial charge is 0.354 e. The SMILES string of the molecule is CN=C(NCc1ccc(CS(=O)(=O)NC)cc1)NCC(c1ccccc1)N1CCCC1. The van der Waals surface area contributed by atoms with Crippen molar-refractivity contribution in [2.45, 2.75) is 31.2 Å². The summed E-state index contributed by atoms with van der Waals surface area (Å²) in [5.74, 6) is 0.736. The van der Waals surface area contributed by atoms with Gasteiger partial charge in [0.25, 0.3) is 0 Å². The molecule has 31 heavy (non-hydrogen) atoms. The lowest BCUT2D eigenvalue weighted by Gasteiger charge is -2.29. The topological polar surface area (TPSA) is 85.8 Å². The highest BCUT2D eigenvalue weighted by Gasteiger charge is 2.23. The van der Waals surface area contributed by atoms with E-state index in [1.165, 1.54) is 25.5 Å². The molecule has 0 bridgehead atoms. The molecule has 0 saturated carbocycles. The van der Waals surface area contributed by atoms with E-state index in [0.29, 0.717) is 12.6 Å². The second kappa shape index (κ2) is 11.3. The molecule has 0 spiro atoms. The van der Waals surface area contributed by atoms with Gasteiger partial charge in [0.15, 0.2) is 5.96 Å². The maximum Gasteiger partial charge on any atom is 0.215 e. The van der Waals surface area contributed by atoms with Crippen LogP contribution in [0.25, 0.3) is 0 Å². The van der Waals surface area contributed by atoms with Crippen molar-refractivity contribution in [2.24, 2.45) is 4.99 Å². The molecule has 1 heterocycles. The summed E-state index contributed by atoms with van der Waals surface area (Å²) in [7, 11) is -0.0583. The normalized spacial score (nSPS) is 16.3. The standard InChI is InChI=1S/C23H33N5O2S/c1-24-23(26-16-19-10-12-20(13-11-19)18-31(29,30)25-2)27-17-22(28-14-6-7-15-28)21-8-4-3-5-9-21/h3-5,8-13,22,25H,6-7,14-18H2,1-2H3,(H2,24,26,27). The molecule has 2 aromatic carbocycles. The van der Waals surface area contributed by atoms with Crippen molar-refractivity contribution in [2.75, 3.05) is 33.7 Å². The Morgan fingerprint density at radius 3 is 2.26 bits per heavy atom. The van der Waals surface area contributed by atoms with E-state index < -0.39 is 10.0 Å². The number of aliphatic imine (C=N–C) groups is 1. The maximum absolute atomic E-state index is 11.7. The summed E-state index contributed by atoms with van der Waals surface area (Å²) in [6, 6.07) is 18.5. The summed E-state index contributed by atoms with van der Waals surface area (Å²) < 4.78 is 25.7. The molecule has 0 amide bonds. The van der Waals surface area contributed by atoms with E-state index in [0.717, 1.165) is 36.7 Å². The van der Waals surface area contributed by atoms with Gasteiger partial charge in [0, 0.05) is 20.1 Å². The average Bonchev–Trinajstić information content (AvgIpc) is 3.32. The Bertz CT molecular complexity index is 940. The molecule has 1 atom stereocenters. The Hall–Kier alpha value is -2.42. The predicted octanol–water partition coefficient (Wildman–Crippen LogP) is 2.24. The fourth-order valence-corrected chi connectivity index (χ4v) is 4.61. The zero-order valence-electron chi connectivity index (χ0n) is 18.3. The third-order valence-electron chi connectivity index (χ3n) is 5.60. The molecule has 1 aliphatic rings. The first-order chi connectivity index (χ1) is 15.0. The Morgan fingerprint density at radius 2 is 1.65 bits per heavy atom. The minimum absolute atomic E-state index is 0.0161. The quantitative estimate of drug-likeness (QED) is 0.409. The van der Waals surface area contributed by atoms with Crippen LogP contribution in [0.5, 0.6) is 0 Å². The number of hydrogen-bond donors (Lipinski definition) is 3. The molecule has 1 aliphatic heterocycles. The first-order valence-electron chi connectivity index (χ1n) is 10.7. The van der Waals surface area contributed by atoms with Crippen LogP contribution in [0.4, 0.5) is 0 Å². The molecule has 168 valence electrons. The third kappa shape index (κ3) is 7.05. The monoisotopic (exact) mass is 443 g/mol. The first kappa shape index (κ1) is 23.2. The molecule has 1 saturated heterocycles. The van der Waals surface area contributed by atoms with Gasteiger partial charge < -0.3 is 10.6 Å². The van der Waals surface area contributed by atoms with Crippen LogP contribution in [-0.2, 0) is 22.3 Å². The molecule has 7 nitrogen and oxygen atoms in total. The highest BCUT2D eigenvalue weighted by atomic mass is 32.2. The lowest BCUT2D eigenvalue weighted by atomic mass is 10.1. The highest BCUT2D eigenvalue weighted by molar-refractivity contribution is 7.88. The highest BCUT2D eigenvalue weighted by Crippen LogP contribution is 2.24.